The van der Waals surface area contributed by atoms with Crippen LogP contribution in [0, 0.1) is 10.7 Å². The van der Waals surface area contributed by atoms with E-state index in [2.05, 4.69) is 92.0 Å². The van der Waals surface area contributed by atoms with E-state index in [1.807, 2.05) is 56.3 Å². The summed E-state index contributed by atoms with van der Waals surface area (Å²) < 4.78 is 22.9. The van der Waals surface area contributed by atoms with Crippen LogP contribution >= 0.6 is 79.1 Å². The lowest BCUT2D eigenvalue weighted by Crippen LogP contribution is -2.40. The number of nitrogens with zero attached hydrogens (tertiary/aromatic N) is 2. The van der Waals surface area contributed by atoms with Gasteiger partial charge in [0.05, 0.1) is 35.7 Å². The monoisotopic (exact) mass is 946 g/mol. The molecule has 5 rings (SSSR count). The fourth-order valence-corrected chi connectivity index (χ4v) is 8.38. The van der Waals surface area contributed by atoms with Crippen molar-refractivity contribution in [2.24, 2.45) is 4.99 Å². The number of carbonyl (C=O) groups is 1. The second kappa shape index (κ2) is 14.5. The Morgan fingerprint density at radius 3 is 2.41 bits per heavy atom. The van der Waals surface area contributed by atoms with Crippen LogP contribution < -0.4 is 24.4 Å². The molecule has 1 aliphatic heterocycles. The quantitative estimate of drug-likeness (QED) is 0.134. The minimum Gasteiger partial charge on any atom is -0.491 e. The molecule has 2 heterocycles. The minimum atomic E-state index is -0.750. The Hall–Kier alpha value is -2.24. The average Bonchev–Trinajstić information content (AvgIpc) is 3.26. The Morgan fingerprint density at radius 2 is 1.75 bits per heavy atom. The van der Waals surface area contributed by atoms with Gasteiger partial charge in [0.2, 0.25) is 0 Å². The summed E-state index contributed by atoms with van der Waals surface area (Å²) in [5.41, 5.74) is 3.26. The second-order valence-corrected chi connectivity index (χ2v) is 14.8. The fourth-order valence-electron chi connectivity index (χ4n) is 4.84. The summed E-state index contributed by atoms with van der Waals surface area (Å²) in [4.78, 5) is 32.6. The van der Waals surface area contributed by atoms with Gasteiger partial charge in [-0.25, -0.2) is 9.79 Å². The summed E-state index contributed by atoms with van der Waals surface area (Å²) >= 11 is 8.12. The Bertz CT molecular complexity index is 1910. The molecule has 3 aromatic carbocycles. The maximum absolute atomic E-state index is 14.1. The highest BCUT2D eigenvalue weighted by Gasteiger charge is 2.35. The number of benzene rings is 3. The molecule has 0 radical (unpaired) electrons. The van der Waals surface area contributed by atoms with Gasteiger partial charge in [-0.15, -0.1) is 0 Å². The number of thiazole rings is 1. The van der Waals surface area contributed by atoms with Gasteiger partial charge in [-0.2, -0.15) is 0 Å². The van der Waals surface area contributed by atoms with Crippen molar-refractivity contribution >= 4 is 91.2 Å². The van der Waals surface area contributed by atoms with E-state index in [0.29, 0.717) is 38.5 Å². The molecule has 4 aromatic rings. The number of para-hydroxylation sites is 1. The van der Waals surface area contributed by atoms with E-state index in [0.717, 1.165) is 24.0 Å². The third kappa shape index (κ3) is 7.25. The zero-order valence-electron chi connectivity index (χ0n) is 24.4. The van der Waals surface area contributed by atoms with Gasteiger partial charge in [0.25, 0.3) is 5.56 Å². The first kappa shape index (κ1) is 33.1. The largest absolute Gasteiger partial charge is 0.491 e. The van der Waals surface area contributed by atoms with Crippen molar-refractivity contribution in [3.8, 4) is 11.5 Å². The SMILES string of the molecule is CCOC(=O)C1=C(C)N=c2s/c(=C/c3cc(I)c(OCc4ccc(I)cc4)c(I)c3)c(=O)n2[C@@H]1c1ccccc1OC(C)C. The highest BCUT2D eigenvalue weighted by Crippen LogP contribution is 2.36. The first-order chi connectivity index (χ1) is 21.1. The minimum absolute atomic E-state index is 0.100. The molecule has 44 heavy (non-hydrogen) atoms. The predicted molar refractivity (Wildman–Crippen MR) is 198 cm³/mol. The van der Waals surface area contributed by atoms with Crippen molar-refractivity contribution in [1.29, 1.82) is 0 Å². The van der Waals surface area contributed by atoms with Crippen LogP contribution in [0.4, 0.5) is 0 Å². The van der Waals surface area contributed by atoms with Crippen molar-refractivity contribution < 1.29 is 19.0 Å². The molecule has 0 fully saturated rings. The lowest BCUT2D eigenvalue weighted by molar-refractivity contribution is -0.139. The molecule has 0 bridgehead atoms. The molecule has 0 unspecified atom stereocenters. The van der Waals surface area contributed by atoms with Gasteiger partial charge in [0.1, 0.15) is 24.1 Å². The summed E-state index contributed by atoms with van der Waals surface area (Å²) in [5.74, 6) is 0.903. The molecule has 0 amide bonds. The molecular formula is C33H29I3N2O5S. The number of aromatic nitrogens is 1. The molecule has 0 aliphatic carbocycles. The van der Waals surface area contributed by atoms with Crippen molar-refractivity contribution in [2.45, 2.75) is 46.4 Å². The number of allylic oxidation sites excluding steroid dienone is 1. The Kier molecular flexibility index (Phi) is 10.9. The first-order valence-corrected chi connectivity index (χ1v) is 17.9. The number of rotatable bonds is 9. The van der Waals surface area contributed by atoms with Gasteiger partial charge in [0, 0.05) is 9.13 Å². The van der Waals surface area contributed by atoms with Gasteiger partial charge in [-0.3, -0.25) is 9.36 Å². The van der Waals surface area contributed by atoms with E-state index in [1.165, 1.54) is 14.9 Å². The summed E-state index contributed by atoms with van der Waals surface area (Å²) in [6.07, 6.45) is 1.77. The standard InChI is InChI=1S/C33H29I3N2O5S/c1-5-41-32(40)28-19(4)37-33-38(29(28)23-8-6-7-9-26(23)43-18(2)3)31(39)27(44-33)16-21-14-24(35)30(25(36)15-21)42-17-20-10-12-22(34)13-11-20/h6-16,18,29H,5,17H2,1-4H3/b27-16+/t29-/m1/s1. The number of hydrogen-bond acceptors (Lipinski definition) is 7. The second-order valence-electron chi connectivity index (χ2n) is 10.2. The number of fused-ring (bicyclic) bond motifs is 1. The van der Waals surface area contributed by atoms with Crippen LogP contribution in [0.25, 0.3) is 6.08 Å². The molecule has 0 saturated carbocycles. The maximum Gasteiger partial charge on any atom is 0.338 e. The van der Waals surface area contributed by atoms with E-state index in [1.54, 1.807) is 18.4 Å². The lowest BCUT2D eigenvalue weighted by Gasteiger charge is -2.26. The van der Waals surface area contributed by atoms with Crippen LogP contribution in [-0.4, -0.2) is 23.2 Å². The Balaban J connectivity index is 1.58. The van der Waals surface area contributed by atoms with E-state index in [4.69, 9.17) is 19.2 Å². The third-order valence-electron chi connectivity index (χ3n) is 6.71. The zero-order chi connectivity index (χ0) is 31.5. The molecule has 0 spiro atoms. The van der Waals surface area contributed by atoms with E-state index in [-0.39, 0.29) is 18.3 Å². The number of ether oxygens (including phenoxy) is 3. The normalized spacial score (nSPS) is 14.8. The van der Waals surface area contributed by atoms with Crippen molar-refractivity contribution in [3.63, 3.8) is 0 Å². The zero-order valence-corrected chi connectivity index (χ0v) is 31.7. The highest BCUT2D eigenvalue weighted by atomic mass is 127. The molecule has 7 nitrogen and oxygen atoms in total. The number of carbonyl (C=O) groups excluding carboxylic acids is 1. The van der Waals surface area contributed by atoms with Gasteiger partial charge < -0.3 is 14.2 Å². The molecule has 0 saturated heterocycles. The molecule has 1 aromatic heterocycles. The maximum atomic E-state index is 14.1. The van der Waals surface area contributed by atoms with Crippen LogP contribution in [-0.2, 0) is 16.1 Å². The van der Waals surface area contributed by atoms with Gasteiger partial charge in [-0.05, 0) is 143 Å². The fraction of sp³-hybridized carbons (Fsp3) is 0.242. The number of halogens is 3. The highest BCUT2D eigenvalue weighted by molar-refractivity contribution is 14.1. The van der Waals surface area contributed by atoms with Crippen molar-refractivity contribution in [2.75, 3.05) is 6.61 Å². The van der Waals surface area contributed by atoms with Gasteiger partial charge in [0.15, 0.2) is 4.80 Å². The molecule has 1 aliphatic rings. The summed E-state index contributed by atoms with van der Waals surface area (Å²) in [6.45, 7) is 8.09. The van der Waals surface area contributed by atoms with E-state index < -0.39 is 12.0 Å². The van der Waals surface area contributed by atoms with Crippen LogP contribution in [0.3, 0.4) is 0 Å². The van der Waals surface area contributed by atoms with Gasteiger partial charge in [-0.1, -0.05) is 41.7 Å². The summed E-state index contributed by atoms with van der Waals surface area (Å²) in [6, 6.07) is 19.0. The van der Waals surface area contributed by atoms with Crippen molar-refractivity contribution in [1.82, 2.24) is 4.57 Å². The smallest absolute Gasteiger partial charge is 0.338 e. The Labute approximate surface area is 300 Å². The van der Waals surface area contributed by atoms with Crippen LogP contribution in [0.15, 0.2) is 81.7 Å². The Morgan fingerprint density at radius 1 is 1.07 bits per heavy atom. The van der Waals surface area contributed by atoms with E-state index >= 15 is 0 Å². The van der Waals surface area contributed by atoms with E-state index in [9.17, 15) is 9.59 Å². The summed E-state index contributed by atoms with van der Waals surface area (Å²) in [5, 5.41) is 0. The summed E-state index contributed by atoms with van der Waals surface area (Å²) in [7, 11) is 0. The van der Waals surface area contributed by atoms with Crippen LogP contribution in [0.1, 0.15) is 50.4 Å². The van der Waals surface area contributed by atoms with Crippen LogP contribution in [0.5, 0.6) is 11.5 Å². The number of hydrogen-bond donors (Lipinski definition) is 0. The molecule has 11 heteroatoms. The van der Waals surface area contributed by atoms with Crippen molar-refractivity contribution in [3.05, 3.63) is 119 Å². The molecular weight excluding hydrogens is 917 g/mol. The molecule has 0 N–H and O–H groups in total. The van der Waals surface area contributed by atoms with Crippen LogP contribution in [0.2, 0.25) is 0 Å². The predicted octanol–water partition coefficient (Wildman–Crippen LogP) is 6.98. The molecule has 1 atom stereocenters. The number of esters is 1. The molecule has 228 valence electrons. The third-order valence-corrected chi connectivity index (χ3v) is 10.0. The first-order valence-electron chi connectivity index (χ1n) is 13.9. The lowest BCUT2D eigenvalue weighted by atomic mass is 9.95. The topological polar surface area (TPSA) is 79.1 Å². The van der Waals surface area contributed by atoms with Gasteiger partial charge >= 0.3 is 5.97 Å². The average molecular weight is 946 g/mol.